The van der Waals surface area contributed by atoms with Crippen molar-refractivity contribution in [2.24, 2.45) is 0 Å². The van der Waals surface area contributed by atoms with Gasteiger partial charge in [-0.25, -0.2) is 4.79 Å². The van der Waals surface area contributed by atoms with Crippen LogP contribution in [0.15, 0.2) is 6.20 Å². The topological polar surface area (TPSA) is 122 Å². The Bertz CT molecular complexity index is 444. The molecule has 0 saturated carbocycles. The van der Waals surface area contributed by atoms with E-state index in [1.807, 2.05) is 0 Å². The van der Waals surface area contributed by atoms with E-state index in [2.05, 4.69) is 19.7 Å². The van der Waals surface area contributed by atoms with Crippen LogP contribution in [0, 0.1) is 0 Å². The summed E-state index contributed by atoms with van der Waals surface area (Å²) in [6.07, 6.45) is -2.05. The summed E-state index contributed by atoms with van der Waals surface area (Å²) < 4.78 is 9.14. The fraction of sp³-hybridized carbons (Fsp3) is 0.545. The van der Waals surface area contributed by atoms with Crippen molar-refractivity contribution in [1.82, 2.24) is 10.2 Å². The monoisotopic (exact) mass is 272 g/mol. The second kappa shape index (κ2) is 6.86. The predicted molar refractivity (Wildman–Crippen MR) is 62.1 cm³/mol. The van der Waals surface area contributed by atoms with Crippen LogP contribution in [-0.4, -0.2) is 52.2 Å². The Morgan fingerprint density at radius 1 is 1.47 bits per heavy atom. The van der Waals surface area contributed by atoms with E-state index in [9.17, 15) is 19.8 Å². The number of aliphatic hydroxyl groups is 2. The van der Waals surface area contributed by atoms with Gasteiger partial charge in [0.15, 0.2) is 0 Å². The maximum Gasteiger partial charge on any atom is 0.356 e. The van der Waals surface area contributed by atoms with Crippen LogP contribution in [-0.2, 0) is 14.3 Å². The lowest BCUT2D eigenvalue weighted by Crippen LogP contribution is -2.24. The number of carbonyl (C=O) groups excluding carboxylic acids is 2. The van der Waals surface area contributed by atoms with Crippen molar-refractivity contribution in [2.75, 3.05) is 13.7 Å². The highest BCUT2D eigenvalue weighted by molar-refractivity contribution is 5.88. The molecule has 3 N–H and O–H groups in total. The number of H-pyrrole nitrogens is 1. The summed E-state index contributed by atoms with van der Waals surface area (Å²) in [6, 6.07) is 0. The van der Waals surface area contributed by atoms with E-state index in [1.165, 1.54) is 13.3 Å². The van der Waals surface area contributed by atoms with Gasteiger partial charge in [0.25, 0.3) is 0 Å². The van der Waals surface area contributed by atoms with Crippen molar-refractivity contribution >= 4 is 11.9 Å². The van der Waals surface area contributed by atoms with Crippen molar-refractivity contribution in [3.63, 3.8) is 0 Å². The number of hydrogen-bond acceptors (Lipinski definition) is 7. The maximum atomic E-state index is 11.4. The van der Waals surface area contributed by atoms with Crippen molar-refractivity contribution in [1.29, 1.82) is 0 Å². The molecule has 8 heteroatoms. The summed E-state index contributed by atoms with van der Waals surface area (Å²) in [5, 5.41) is 25.6. The summed E-state index contributed by atoms with van der Waals surface area (Å²) >= 11 is 0. The third kappa shape index (κ3) is 3.76. The molecular formula is C11H16N2O6. The molecule has 0 saturated heterocycles. The SMILES string of the molecule is CCOC(=O)CC(O)C(O)c1cn[nH]c1C(=O)OC. The normalized spacial score (nSPS) is 13.7. The van der Waals surface area contributed by atoms with Gasteiger partial charge in [-0.15, -0.1) is 0 Å². The van der Waals surface area contributed by atoms with E-state index in [0.29, 0.717) is 0 Å². The molecule has 1 aromatic rings. The van der Waals surface area contributed by atoms with Gasteiger partial charge in [0.1, 0.15) is 11.8 Å². The number of aromatic nitrogens is 2. The number of methoxy groups -OCH3 is 1. The number of carbonyl (C=O) groups is 2. The molecule has 106 valence electrons. The Morgan fingerprint density at radius 3 is 2.74 bits per heavy atom. The van der Waals surface area contributed by atoms with Gasteiger partial charge >= 0.3 is 11.9 Å². The highest BCUT2D eigenvalue weighted by atomic mass is 16.5. The van der Waals surface area contributed by atoms with Crippen molar-refractivity contribution < 1.29 is 29.3 Å². The van der Waals surface area contributed by atoms with Crippen molar-refractivity contribution in [2.45, 2.75) is 25.6 Å². The molecule has 2 atom stereocenters. The first-order valence-corrected chi connectivity index (χ1v) is 5.64. The van der Waals surface area contributed by atoms with E-state index in [1.54, 1.807) is 6.92 Å². The third-order valence-electron chi connectivity index (χ3n) is 2.42. The van der Waals surface area contributed by atoms with E-state index >= 15 is 0 Å². The molecule has 0 spiro atoms. The predicted octanol–water partition coefficient (Wildman–Crippen LogP) is -0.456. The summed E-state index contributed by atoms with van der Waals surface area (Å²) in [6.45, 7) is 1.81. The number of aliphatic hydroxyl groups excluding tert-OH is 2. The van der Waals surface area contributed by atoms with Gasteiger partial charge in [-0.1, -0.05) is 0 Å². The van der Waals surface area contributed by atoms with Gasteiger partial charge in [-0.05, 0) is 6.92 Å². The first-order valence-electron chi connectivity index (χ1n) is 5.64. The first-order chi connectivity index (χ1) is 9.01. The number of esters is 2. The molecule has 2 unspecified atom stereocenters. The van der Waals surface area contributed by atoms with Crippen LogP contribution in [0.4, 0.5) is 0 Å². The molecule has 0 aliphatic rings. The largest absolute Gasteiger partial charge is 0.466 e. The van der Waals surface area contributed by atoms with Gasteiger partial charge < -0.3 is 19.7 Å². The van der Waals surface area contributed by atoms with Gasteiger partial charge in [0, 0.05) is 5.56 Å². The van der Waals surface area contributed by atoms with Crippen LogP contribution < -0.4 is 0 Å². The molecule has 0 bridgehead atoms. The van der Waals surface area contributed by atoms with E-state index in [-0.39, 0.29) is 24.3 Å². The fourth-order valence-electron chi connectivity index (χ4n) is 1.49. The third-order valence-corrected chi connectivity index (χ3v) is 2.42. The molecule has 0 aliphatic heterocycles. The minimum atomic E-state index is -1.45. The van der Waals surface area contributed by atoms with Gasteiger partial charge in [-0.3, -0.25) is 9.89 Å². The second-order valence-electron chi connectivity index (χ2n) is 3.71. The fourth-order valence-corrected chi connectivity index (χ4v) is 1.49. The maximum absolute atomic E-state index is 11.4. The lowest BCUT2D eigenvalue weighted by molar-refractivity contribution is -0.147. The molecule has 1 aromatic heterocycles. The van der Waals surface area contributed by atoms with E-state index < -0.39 is 24.1 Å². The van der Waals surface area contributed by atoms with Crippen LogP contribution in [0.3, 0.4) is 0 Å². The highest BCUT2D eigenvalue weighted by Crippen LogP contribution is 2.22. The minimum Gasteiger partial charge on any atom is -0.466 e. The van der Waals surface area contributed by atoms with Crippen molar-refractivity contribution in [3.8, 4) is 0 Å². The van der Waals surface area contributed by atoms with Gasteiger partial charge in [0.2, 0.25) is 0 Å². The second-order valence-corrected chi connectivity index (χ2v) is 3.71. The molecule has 1 heterocycles. The van der Waals surface area contributed by atoms with Gasteiger partial charge in [-0.2, -0.15) is 5.10 Å². The smallest absolute Gasteiger partial charge is 0.356 e. The molecule has 1 rings (SSSR count). The molecule has 8 nitrogen and oxygen atoms in total. The first kappa shape index (κ1) is 15.1. The Morgan fingerprint density at radius 2 is 2.16 bits per heavy atom. The molecule has 0 fully saturated rings. The molecule has 19 heavy (non-hydrogen) atoms. The number of nitrogens with zero attached hydrogens (tertiary/aromatic N) is 1. The molecule has 0 aliphatic carbocycles. The summed E-state index contributed by atoms with van der Waals surface area (Å²) in [5.41, 5.74) is -0.0124. The summed E-state index contributed by atoms with van der Waals surface area (Å²) in [7, 11) is 1.17. The summed E-state index contributed by atoms with van der Waals surface area (Å²) in [4.78, 5) is 22.6. The van der Waals surface area contributed by atoms with E-state index in [0.717, 1.165) is 0 Å². The number of hydrogen-bond donors (Lipinski definition) is 3. The Hall–Kier alpha value is -1.93. The lowest BCUT2D eigenvalue weighted by atomic mass is 10.0. The van der Waals surface area contributed by atoms with Crippen LogP contribution in [0.1, 0.15) is 35.5 Å². The average molecular weight is 272 g/mol. The molecule has 0 amide bonds. The zero-order valence-electron chi connectivity index (χ0n) is 10.6. The highest BCUT2D eigenvalue weighted by Gasteiger charge is 2.27. The zero-order chi connectivity index (χ0) is 14.4. The van der Waals surface area contributed by atoms with Gasteiger partial charge in [0.05, 0.1) is 32.4 Å². The average Bonchev–Trinajstić information content (AvgIpc) is 2.86. The number of nitrogens with one attached hydrogen (secondary N) is 1. The molecular weight excluding hydrogens is 256 g/mol. The van der Waals surface area contributed by atoms with Crippen LogP contribution in [0.5, 0.6) is 0 Å². The number of rotatable bonds is 6. The molecule has 0 aromatic carbocycles. The zero-order valence-corrected chi connectivity index (χ0v) is 10.6. The Labute approximate surface area is 109 Å². The minimum absolute atomic E-state index is 0.0589. The van der Waals surface area contributed by atoms with Crippen molar-refractivity contribution in [3.05, 3.63) is 17.5 Å². The van der Waals surface area contributed by atoms with Crippen LogP contribution >= 0.6 is 0 Å². The number of aromatic amines is 1. The lowest BCUT2D eigenvalue weighted by Gasteiger charge is -2.16. The summed E-state index contributed by atoms with van der Waals surface area (Å²) in [5.74, 6) is -1.37. The molecule has 0 radical (unpaired) electrons. The quantitative estimate of drug-likeness (QED) is 0.599. The van der Waals surface area contributed by atoms with Crippen LogP contribution in [0.25, 0.3) is 0 Å². The number of ether oxygens (including phenoxy) is 2. The van der Waals surface area contributed by atoms with E-state index in [4.69, 9.17) is 0 Å². The Balaban J connectivity index is 2.77. The standard InChI is InChI=1S/C11H16N2O6/c1-3-19-8(15)4-7(14)10(16)6-5-12-13-9(6)11(17)18-2/h5,7,10,14,16H,3-4H2,1-2H3,(H,12,13). The Kier molecular flexibility index (Phi) is 5.46. The van der Waals surface area contributed by atoms with Crippen LogP contribution in [0.2, 0.25) is 0 Å².